The Morgan fingerprint density at radius 1 is 1.11 bits per heavy atom. The average Bonchev–Trinajstić information content (AvgIpc) is 2.66. The number of sulfonamides is 1. The van der Waals surface area contributed by atoms with Crippen molar-refractivity contribution in [2.45, 2.75) is 17.9 Å². The monoisotopic (exact) mass is 425 g/mol. The number of aryl methyl sites for hydroxylation is 1. The van der Waals surface area contributed by atoms with Gasteiger partial charge in [0, 0.05) is 31.2 Å². The first-order valence-corrected chi connectivity index (χ1v) is 10.6. The van der Waals surface area contributed by atoms with Crippen LogP contribution in [-0.4, -0.2) is 49.7 Å². The summed E-state index contributed by atoms with van der Waals surface area (Å²) in [6.07, 6.45) is 0. The van der Waals surface area contributed by atoms with E-state index in [0.717, 1.165) is 6.07 Å². The molecule has 1 heterocycles. The van der Waals surface area contributed by atoms with E-state index in [1.165, 1.54) is 16.4 Å². The van der Waals surface area contributed by atoms with E-state index in [1.807, 2.05) is 4.90 Å². The Kier molecular flexibility index (Phi) is 6.04. The standard InChI is InChI=1S/C19H21ClFN3O3S/c1-13-2-7-16(12-17(13)21)28(26,27)24-10-8-23(9-11-24)18(19(22)25)14-3-5-15(20)6-4-14/h2-7,12,18H,8-11H2,1H3,(H2,22,25)/t18-/m1/s1. The van der Waals surface area contributed by atoms with Crippen molar-refractivity contribution in [2.24, 2.45) is 5.73 Å². The number of hydrogen-bond donors (Lipinski definition) is 1. The Morgan fingerprint density at radius 3 is 2.25 bits per heavy atom. The minimum absolute atomic E-state index is 0.0757. The third-order valence-corrected chi connectivity index (χ3v) is 7.02. The van der Waals surface area contributed by atoms with E-state index >= 15 is 0 Å². The fourth-order valence-corrected chi connectivity index (χ4v) is 4.85. The Bertz CT molecular complexity index is 974. The van der Waals surface area contributed by atoms with Crippen molar-refractivity contribution in [1.29, 1.82) is 0 Å². The highest BCUT2D eigenvalue weighted by molar-refractivity contribution is 7.89. The van der Waals surface area contributed by atoms with E-state index in [0.29, 0.717) is 29.2 Å². The number of primary amides is 1. The molecule has 2 aromatic carbocycles. The van der Waals surface area contributed by atoms with Crippen LogP contribution in [0.1, 0.15) is 17.2 Å². The first kappa shape index (κ1) is 20.7. The molecule has 0 unspecified atom stereocenters. The molecule has 0 bridgehead atoms. The van der Waals surface area contributed by atoms with Crippen molar-refractivity contribution in [1.82, 2.24) is 9.21 Å². The molecule has 1 atom stereocenters. The summed E-state index contributed by atoms with van der Waals surface area (Å²) in [5.41, 5.74) is 6.68. The summed E-state index contributed by atoms with van der Waals surface area (Å²) in [7, 11) is -3.81. The fourth-order valence-electron chi connectivity index (χ4n) is 3.29. The predicted molar refractivity (Wildman–Crippen MR) is 105 cm³/mol. The van der Waals surface area contributed by atoms with Crippen molar-refractivity contribution in [3.63, 3.8) is 0 Å². The van der Waals surface area contributed by atoms with Crippen LogP contribution in [0.4, 0.5) is 4.39 Å². The summed E-state index contributed by atoms with van der Waals surface area (Å²) in [6, 6.07) is 10.0. The third-order valence-electron chi connectivity index (χ3n) is 4.87. The zero-order valence-corrected chi connectivity index (χ0v) is 16.9. The van der Waals surface area contributed by atoms with E-state index in [1.54, 1.807) is 31.2 Å². The first-order valence-electron chi connectivity index (χ1n) is 8.75. The molecule has 2 N–H and O–H groups in total. The van der Waals surface area contributed by atoms with Gasteiger partial charge in [0.1, 0.15) is 11.9 Å². The van der Waals surface area contributed by atoms with Gasteiger partial charge in [0.25, 0.3) is 0 Å². The average molecular weight is 426 g/mol. The molecule has 1 aliphatic rings. The van der Waals surface area contributed by atoms with Crippen LogP contribution in [0.15, 0.2) is 47.4 Å². The summed E-state index contributed by atoms with van der Waals surface area (Å²) in [6.45, 7) is 2.57. The molecule has 0 aliphatic carbocycles. The van der Waals surface area contributed by atoms with E-state index in [-0.39, 0.29) is 18.0 Å². The molecular weight excluding hydrogens is 405 g/mol. The number of carbonyl (C=O) groups excluding carboxylic acids is 1. The van der Waals surface area contributed by atoms with Gasteiger partial charge >= 0.3 is 0 Å². The van der Waals surface area contributed by atoms with Gasteiger partial charge in [-0.25, -0.2) is 12.8 Å². The van der Waals surface area contributed by atoms with Gasteiger partial charge < -0.3 is 5.73 Å². The van der Waals surface area contributed by atoms with E-state index in [2.05, 4.69) is 0 Å². The van der Waals surface area contributed by atoms with Gasteiger partial charge in [0.05, 0.1) is 4.90 Å². The fraction of sp³-hybridized carbons (Fsp3) is 0.316. The number of nitrogens with zero attached hydrogens (tertiary/aromatic N) is 2. The molecule has 0 radical (unpaired) electrons. The summed E-state index contributed by atoms with van der Waals surface area (Å²) < 4.78 is 40.7. The molecule has 28 heavy (non-hydrogen) atoms. The summed E-state index contributed by atoms with van der Waals surface area (Å²) in [5.74, 6) is -1.07. The normalized spacial score (nSPS) is 17.4. The number of nitrogens with two attached hydrogens (primary N) is 1. The molecule has 3 rings (SSSR count). The van der Waals surface area contributed by atoms with Gasteiger partial charge in [0.15, 0.2) is 0 Å². The lowest BCUT2D eigenvalue weighted by molar-refractivity contribution is -0.124. The maximum Gasteiger partial charge on any atom is 0.243 e. The van der Waals surface area contributed by atoms with E-state index < -0.39 is 27.8 Å². The SMILES string of the molecule is Cc1ccc(S(=O)(=O)N2CCN([C@@H](C(N)=O)c3ccc(Cl)cc3)CC2)cc1F. The smallest absolute Gasteiger partial charge is 0.243 e. The van der Waals surface area contributed by atoms with Crippen LogP contribution in [0.5, 0.6) is 0 Å². The van der Waals surface area contributed by atoms with Gasteiger partial charge in [-0.05, 0) is 42.3 Å². The van der Waals surface area contributed by atoms with Crippen LogP contribution in [0.3, 0.4) is 0 Å². The highest BCUT2D eigenvalue weighted by Gasteiger charge is 2.33. The lowest BCUT2D eigenvalue weighted by atomic mass is 10.0. The molecule has 9 heteroatoms. The van der Waals surface area contributed by atoms with Gasteiger partial charge in [-0.1, -0.05) is 29.8 Å². The minimum atomic E-state index is -3.81. The van der Waals surface area contributed by atoms with Gasteiger partial charge in [-0.2, -0.15) is 4.31 Å². The van der Waals surface area contributed by atoms with Crippen LogP contribution >= 0.6 is 11.6 Å². The van der Waals surface area contributed by atoms with Crippen LogP contribution in [0, 0.1) is 12.7 Å². The number of carbonyl (C=O) groups is 1. The Balaban J connectivity index is 1.76. The highest BCUT2D eigenvalue weighted by atomic mass is 35.5. The molecule has 6 nitrogen and oxygen atoms in total. The van der Waals surface area contributed by atoms with Crippen LogP contribution in [-0.2, 0) is 14.8 Å². The molecule has 1 amide bonds. The molecule has 2 aromatic rings. The highest BCUT2D eigenvalue weighted by Crippen LogP contribution is 2.26. The molecule has 0 spiro atoms. The van der Waals surface area contributed by atoms with Crippen LogP contribution < -0.4 is 5.73 Å². The maximum absolute atomic E-state index is 13.8. The number of halogens is 2. The molecular formula is C19H21ClFN3O3S. The number of amides is 1. The van der Waals surface area contributed by atoms with Crippen molar-refractivity contribution < 1.29 is 17.6 Å². The largest absolute Gasteiger partial charge is 0.368 e. The second-order valence-corrected chi connectivity index (χ2v) is 9.08. The van der Waals surface area contributed by atoms with Crippen molar-refractivity contribution in [3.8, 4) is 0 Å². The second kappa shape index (κ2) is 8.16. The summed E-state index contributed by atoms with van der Waals surface area (Å²) in [5, 5.41) is 0.549. The Labute approximate surface area is 168 Å². The lowest BCUT2D eigenvalue weighted by Gasteiger charge is -2.37. The Morgan fingerprint density at radius 2 is 1.71 bits per heavy atom. The van der Waals surface area contributed by atoms with Gasteiger partial charge in [-0.15, -0.1) is 0 Å². The number of rotatable bonds is 5. The molecule has 1 saturated heterocycles. The maximum atomic E-state index is 13.8. The zero-order chi connectivity index (χ0) is 20.5. The van der Waals surface area contributed by atoms with Gasteiger partial charge in [0.2, 0.25) is 15.9 Å². The van der Waals surface area contributed by atoms with E-state index in [4.69, 9.17) is 17.3 Å². The molecule has 0 aromatic heterocycles. The lowest BCUT2D eigenvalue weighted by Crippen LogP contribution is -2.51. The number of hydrogen-bond acceptors (Lipinski definition) is 4. The zero-order valence-electron chi connectivity index (χ0n) is 15.3. The number of piperazine rings is 1. The summed E-state index contributed by atoms with van der Waals surface area (Å²) >= 11 is 5.90. The molecule has 0 saturated carbocycles. The van der Waals surface area contributed by atoms with E-state index in [9.17, 15) is 17.6 Å². The molecule has 1 aliphatic heterocycles. The molecule has 1 fully saturated rings. The van der Waals surface area contributed by atoms with Crippen molar-refractivity contribution in [2.75, 3.05) is 26.2 Å². The van der Waals surface area contributed by atoms with Crippen LogP contribution in [0.25, 0.3) is 0 Å². The van der Waals surface area contributed by atoms with Crippen LogP contribution in [0.2, 0.25) is 5.02 Å². The quantitative estimate of drug-likeness (QED) is 0.796. The summed E-state index contributed by atoms with van der Waals surface area (Å²) in [4.78, 5) is 13.8. The predicted octanol–water partition coefficient (Wildman–Crippen LogP) is 2.32. The van der Waals surface area contributed by atoms with Gasteiger partial charge in [-0.3, -0.25) is 9.69 Å². The minimum Gasteiger partial charge on any atom is -0.368 e. The second-order valence-electron chi connectivity index (χ2n) is 6.71. The van der Waals surface area contributed by atoms with Crippen molar-refractivity contribution in [3.05, 3.63) is 64.4 Å². The van der Waals surface area contributed by atoms with Crippen molar-refractivity contribution >= 4 is 27.5 Å². The number of benzene rings is 2. The Hall–Kier alpha value is -2.00. The third kappa shape index (κ3) is 4.20. The molecule has 150 valence electrons. The topological polar surface area (TPSA) is 83.7 Å². The first-order chi connectivity index (χ1) is 13.2.